The van der Waals surface area contributed by atoms with Gasteiger partial charge in [-0.25, -0.2) is 4.98 Å². The summed E-state index contributed by atoms with van der Waals surface area (Å²) in [5.74, 6) is 0.307. The quantitative estimate of drug-likeness (QED) is 0.837. The molecule has 0 saturated heterocycles. The highest BCUT2D eigenvalue weighted by molar-refractivity contribution is 7.99. The van der Waals surface area contributed by atoms with E-state index >= 15 is 0 Å². The van der Waals surface area contributed by atoms with Gasteiger partial charge < -0.3 is 9.73 Å². The summed E-state index contributed by atoms with van der Waals surface area (Å²) in [6.45, 7) is 10.6. The van der Waals surface area contributed by atoms with Crippen LogP contribution >= 0.6 is 11.8 Å². The lowest BCUT2D eigenvalue weighted by molar-refractivity contribution is -0.120. The van der Waals surface area contributed by atoms with Gasteiger partial charge in [0.05, 0.1) is 5.75 Å². The van der Waals surface area contributed by atoms with E-state index in [1.54, 1.807) is 0 Å². The van der Waals surface area contributed by atoms with Crippen molar-refractivity contribution in [3.8, 4) is 0 Å². The van der Waals surface area contributed by atoms with E-state index < -0.39 is 0 Å². The van der Waals surface area contributed by atoms with Crippen LogP contribution in [-0.4, -0.2) is 22.2 Å². The Hall–Kier alpha value is -1.49. The van der Waals surface area contributed by atoms with Crippen LogP contribution in [-0.2, 0) is 4.79 Å². The number of carbonyl (C=O) groups is 1. The molecule has 22 heavy (non-hydrogen) atoms. The van der Waals surface area contributed by atoms with Crippen molar-refractivity contribution in [3.05, 3.63) is 24.3 Å². The highest BCUT2D eigenvalue weighted by atomic mass is 32.2. The van der Waals surface area contributed by atoms with Gasteiger partial charge in [0.15, 0.2) is 5.58 Å². The van der Waals surface area contributed by atoms with Gasteiger partial charge in [-0.05, 0) is 37.8 Å². The van der Waals surface area contributed by atoms with E-state index in [2.05, 4.69) is 44.9 Å². The molecule has 2 rings (SSSR count). The Morgan fingerprint density at radius 1 is 1.23 bits per heavy atom. The Kier molecular flexibility index (Phi) is 4.85. The molecule has 1 N–H and O–H groups in total. The first-order valence-corrected chi connectivity index (χ1v) is 8.43. The molecule has 4 nitrogen and oxygen atoms in total. The average molecular weight is 320 g/mol. The molecule has 0 spiro atoms. The lowest BCUT2D eigenvalue weighted by Crippen LogP contribution is -2.46. The molecule has 120 valence electrons. The zero-order chi connectivity index (χ0) is 16.4. The van der Waals surface area contributed by atoms with E-state index in [-0.39, 0.29) is 16.9 Å². The fourth-order valence-corrected chi connectivity index (χ4v) is 3.46. The first-order valence-electron chi connectivity index (χ1n) is 7.44. The van der Waals surface area contributed by atoms with Crippen molar-refractivity contribution in [3.63, 3.8) is 0 Å². The fourth-order valence-electron chi connectivity index (χ4n) is 2.82. The summed E-state index contributed by atoms with van der Waals surface area (Å²) in [6, 6.07) is 7.60. The highest BCUT2D eigenvalue weighted by Gasteiger charge is 2.27. The first-order chi connectivity index (χ1) is 10.1. The van der Waals surface area contributed by atoms with Crippen LogP contribution in [0.15, 0.2) is 33.9 Å². The zero-order valence-electron chi connectivity index (χ0n) is 13.9. The molecule has 2 aromatic rings. The Labute approximate surface area is 136 Å². The van der Waals surface area contributed by atoms with Gasteiger partial charge in [-0.15, -0.1) is 0 Å². The van der Waals surface area contributed by atoms with Gasteiger partial charge in [-0.3, -0.25) is 4.79 Å². The first kappa shape index (κ1) is 16.9. The zero-order valence-corrected chi connectivity index (χ0v) is 14.7. The topological polar surface area (TPSA) is 55.1 Å². The van der Waals surface area contributed by atoms with Gasteiger partial charge in [-0.2, -0.15) is 0 Å². The maximum absolute atomic E-state index is 12.1. The van der Waals surface area contributed by atoms with Crippen molar-refractivity contribution in [1.82, 2.24) is 10.3 Å². The Morgan fingerprint density at radius 2 is 1.91 bits per heavy atom. The number of hydrogen-bond acceptors (Lipinski definition) is 4. The number of amides is 1. The number of para-hydroxylation sites is 2. The second-order valence-corrected chi connectivity index (χ2v) is 8.33. The van der Waals surface area contributed by atoms with Crippen molar-refractivity contribution in [2.45, 2.75) is 51.8 Å². The third-order valence-electron chi connectivity index (χ3n) is 3.05. The summed E-state index contributed by atoms with van der Waals surface area (Å²) < 4.78 is 5.60. The predicted octanol–water partition coefficient (Wildman–Crippen LogP) is 4.25. The summed E-state index contributed by atoms with van der Waals surface area (Å²) in [6.07, 6.45) is 0.916. The standard InChI is InChI=1S/C17H24N2O2S/c1-16(2,3)11-17(4,5)19-14(20)10-22-15-18-12-8-6-7-9-13(12)21-15/h6-9H,10-11H2,1-5H3,(H,19,20). The van der Waals surface area contributed by atoms with Crippen molar-refractivity contribution < 1.29 is 9.21 Å². The smallest absolute Gasteiger partial charge is 0.257 e. The summed E-state index contributed by atoms with van der Waals surface area (Å²) in [4.78, 5) is 16.5. The summed E-state index contributed by atoms with van der Waals surface area (Å²) >= 11 is 1.32. The molecule has 1 amide bonds. The number of rotatable bonds is 5. The van der Waals surface area contributed by atoms with Gasteiger partial charge in [-0.1, -0.05) is 44.7 Å². The van der Waals surface area contributed by atoms with E-state index in [0.717, 1.165) is 17.5 Å². The molecule has 0 atom stereocenters. The lowest BCUT2D eigenvalue weighted by Gasteiger charge is -2.33. The molecule has 0 aliphatic carbocycles. The minimum atomic E-state index is -0.225. The van der Waals surface area contributed by atoms with E-state index in [0.29, 0.717) is 11.0 Å². The highest BCUT2D eigenvalue weighted by Crippen LogP contribution is 2.27. The van der Waals surface area contributed by atoms with Crippen LogP contribution in [0.4, 0.5) is 0 Å². The Balaban J connectivity index is 1.89. The maximum atomic E-state index is 12.1. The summed E-state index contributed by atoms with van der Waals surface area (Å²) in [7, 11) is 0. The summed E-state index contributed by atoms with van der Waals surface area (Å²) in [5, 5.41) is 3.62. The van der Waals surface area contributed by atoms with Crippen LogP contribution in [0.5, 0.6) is 0 Å². The third-order valence-corrected chi connectivity index (χ3v) is 3.88. The van der Waals surface area contributed by atoms with Gasteiger partial charge in [0.1, 0.15) is 5.52 Å². The second-order valence-electron chi connectivity index (χ2n) is 7.41. The number of aromatic nitrogens is 1. The molecule has 5 heteroatoms. The molecule has 0 aliphatic rings. The van der Waals surface area contributed by atoms with Crippen LogP contribution < -0.4 is 5.32 Å². The predicted molar refractivity (Wildman–Crippen MR) is 91.0 cm³/mol. The van der Waals surface area contributed by atoms with Crippen LogP contribution in [0.2, 0.25) is 0 Å². The van der Waals surface area contributed by atoms with Gasteiger partial charge in [0, 0.05) is 5.54 Å². The van der Waals surface area contributed by atoms with E-state index in [4.69, 9.17) is 4.42 Å². The van der Waals surface area contributed by atoms with Crippen molar-refractivity contribution in [2.24, 2.45) is 5.41 Å². The Morgan fingerprint density at radius 3 is 2.55 bits per heavy atom. The van der Waals surface area contributed by atoms with Crippen molar-refractivity contribution in [2.75, 3.05) is 5.75 Å². The number of hydrogen-bond donors (Lipinski definition) is 1. The second kappa shape index (κ2) is 6.32. The molecule has 0 unspecified atom stereocenters. The number of oxazole rings is 1. The van der Waals surface area contributed by atoms with Crippen LogP contribution in [0, 0.1) is 5.41 Å². The molecule has 0 bridgehead atoms. The van der Waals surface area contributed by atoms with Crippen molar-refractivity contribution >= 4 is 28.8 Å². The SMILES string of the molecule is CC(C)(C)CC(C)(C)NC(=O)CSc1nc2ccccc2o1. The molecule has 0 saturated carbocycles. The minimum Gasteiger partial charge on any atom is -0.431 e. The molecular weight excluding hydrogens is 296 g/mol. The Bertz CT molecular complexity index is 623. The van der Waals surface area contributed by atoms with Crippen molar-refractivity contribution in [1.29, 1.82) is 0 Å². The molecule has 0 radical (unpaired) electrons. The number of thioether (sulfide) groups is 1. The third kappa shape index (κ3) is 5.05. The minimum absolute atomic E-state index is 0.00139. The number of fused-ring (bicyclic) bond motifs is 1. The van der Waals surface area contributed by atoms with E-state index in [1.807, 2.05) is 24.3 Å². The summed E-state index contributed by atoms with van der Waals surface area (Å²) in [5.41, 5.74) is 1.51. The van der Waals surface area contributed by atoms with Gasteiger partial charge in [0.2, 0.25) is 5.91 Å². The van der Waals surface area contributed by atoms with Crippen LogP contribution in [0.25, 0.3) is 11.1 Å². The van der Waals surface area contributed by atoms with Gasteiger partial charge in [0.25, 0.3) is 5.22 Å². The van der Waals surface area contributed by atoms with E-state index in [9.17, 15) is 4.79 Å². The average Bonchev–Trinajstić information content (AvgIpc) is 2.75. The number of nitrogens with zero attached hydrogens (tertiary/aromatic N) is 1. The van der Waals surface area contributed by atoms with Gasteiger partial charge >= 0.3 is 0 Å². The molecule has 1 aromatic carbocycles. The molecule has 1 aromatic heterocycles. The molecular formula is C17H24N2O2S. The molecule has 1 heterocycles. The number of carbonyl (C=O) groups excluding carboxylic acids is 1. The number of benzene rings is 1. The van der Waals surface area contributed by atoms with E-state index in [1.165, 1.54) is 11.8 Å². The maximum Gasteiger partial charge on any atom is 0.257 e. The van der Waals surface area contributed by atoms with Crippen LogP contribution in [0.3, 0.4) is 0 Å². The normalized spacial score (nSPS) is 12.6. The largest absolute Gasteiger partial charge is 0.431 e. The number of nitrogens with one attached hydrogen (secondary N) is 1. The molecule has 0 aliphatic heterocycles. The lowest BCUT2D eigenvalue weighted by atomic mass is 9.82. The van der Waals surface area contributed by atoms with Crippen LogP contribution in [0.1, 0.15) is 41.0 Å². The fraction of sp³-hybridized carbons (Fsp3) is 0.529. The monoisotopic (exact) mass is 320 g/mol. The molecule has 0 fully saturated rings.